The second-order valence-corrected chi connectivity index (χ2v) is 7.07. The lowest BCUT2D eigenvalue weighted by molar-refractivity contribution is 0.143. The summed E-state index contributed by atoms with van der Waals surface area (Å²) < 4.78 is 0. The normalized spacial score (nSPS) is 39.2. The molecule has 2 aliphatic heterocycles. The van der Waals surface area contributed by atoms with Gasteiger partial charge in [0, 0.05) is 37.8 Å². The standard InChI is InChI=1S/C16H31N3/c1-3-14-6-8-18(11-13(2)10-17-14)16-7-9-19(12-16)15-4-5-15/h13-17H,3-12H2,1-2H3. The summed E-state index contributed by atoms with van der Waals surface area (Å²) in [5.74, 6) is 0.796. The Hall–Kier alpha value is -0.120. The molecule has 3 atom stereocenters. The van der Waals surface area contributed by atoms with Gasteiger partial charge in [-0.15, -0.1) is 0 Å². The first-order valence-corrected chi connectivity index (χ1v) is 8.47. The van der Waals surface area contributed by atoms with E-state index in [9.17, 15) is 0 Å². The van der Waals surface area contributed by atoms with Gasteiger partial charge in [0.25, 0.3) is 0 Å². The summed E-state index contributed by atoms with van der Waals surface area (Å²) in [5.41, 5.74) is 0. The number of hydrogen-bond acceptors (Lipinski definition) is 3. The molecule has 0 radical (unpaired) electrons. The maximum absolute atomic E-state index is 3.73. The van der Waals surface area contributed by atoms with Gasteiger partial charge >= 0.3 is 0 Å². The van der Waals surface area contributed by atoms with Crippen LogP contribution in [0.4, 0.5) is 0 Å². The first-order chi connectivity index (χ1) is 9.26. The molecule has 3 fully saturated rings. The average Bonchev–Trinajstić information content (AvgIpc) is 3.13. The van der Waals surface area contributed by atoms with Gasteiger partial charge in [-0.3, -0.25) is 9.80 Å². The number of rotatable bonds is 3. The van der Waals surface area contributed by atoms with Crippen LogP contribution in [0.25, 0.3) is 0 Å². The van der Waals surface area contributed by atoms with Gasteiger partial charge in [-0.1, -0.05) is 13.8 Å². The Morgan fingerprint density at radius 2 is 1.68 bits per heavy atom. The minimum atomic E-state index is 0.742. The van der Waals surface area contributed by atoms with Crippen molar-refractivity contribution in [3.63, 3.8) is 0 Å². The maximum Gasteiger partial charge on any atom is 0.0235 e. The van der Waals surface area contributed by atoms with Crippen LogP contribution in [0.2, 0.25) is 0 Å². The predicted molar refractivity (Wildman–Crippen MR) is 80.4 cm³/mol. The van der Waals surface area contributed by atoms with Crippen LogP contribution in [-0.4, -0.2) is 60.6 Å². The lowest BCUT2D eigenvalue weighted by Gasteiger charge is -2.35. The van der Waals surface area contributed by atoms with E-state index in [1.807, 2.05) is 0 Å². The highest BCUT2D eigenvalue weighted by Gasteiger charge is 2.36. The van der Waals surface area contributed by atoms with E-state index in [1.165, 1.54) is 64.8 Å². The average molecular weight is 265 g/mol. The van der Waals surface area contributed by atoms with Gasteiger partial charge in [-0.2, -0.15) is 0 Å². The molecule has 0 bridgehead atoms. The molecule has 1 N–H and O–H groups in total. The maximum atomic E-state index is 3.73. The van der Waals surface area contributed by atoms with Crippen LogP contribution in [0.15, 0.2) is 0 Å². The van der Waals surface area contributed by atoms with Crippen molar-refractivity contribution >= 4 is 0 Å². The summed E-state index contributed by atoms with van der Waals surface area (Å²) in [6.45, 7) is 11.2. The van der Waals surface area contributed by atoms with E-state index < -0.39 is 0 Å². The Kier molecular flexibility index (Phi) is 4.45. The Balaban J connectivity index is 1.55. The van der Waals surface area contributed by atoms with Crippen LogP contribution in [0.1, 0.15) is 46.0 Å². The molecule has 0 aromatic carbocycles. The van der Waals surface area contributed by atoms with Gasteiger partial charge in [0.2, 0.25) is 0 Å². The van der Waals surface area contributed by atoms with Gasteiger partial charge in [-0.05, 0) is 51.1 Å². The first kappa shape index (κ1) is 13.8. The zero-order valence-corrected chi connectivity index (χ0v) is 12.8. The van der Waals surface area contributed by atoms with E-state index in [0.717, 1.165) is 24.0 Å². The lowest BCUT2D eigenvalue weighted by Crippen LogP contribution is -2.47. The van der Waals surface area contributed by atoms with Gasteiger partial charge < -0.3 is 5.32 Å². The van der Waals surface area contributed by atoms with Gasteiger partial charge in [-0.25, -0.2) is 0 Å². The molecular formula is C16H31N3. The molecule has 3 heteroatoms. The fraction of sp³-hybridized carbons (Fsp3) is 1.00. The summed E-state index contributed by atoms with van der Waals surface area (Å²) in [5, 5.41) is 3.73. The van der Waals surface area contributed by atoms with Crippen molar-refractivity contribution in [2.75, 3.05) is 32.7 Å². The monoisotopic (exact) mass is 265 g/mol. The highest BCUT2D eigenvalue weighted by Crippen LogP contribution is 2.31. The van der Waals surface area contributed by atoms with E-state index in [4.69, 9.17) is 0 Å². The second-order valence-electron chi connectivity index (χ2n) is 7.07. The first-order valence-electron chi connectivity index (χ1n) is 8.47. The summed E-state index contributed by atoms with van der Waals surface area (Å²) in [6, 6.07) is 2.55. The molecule has 19 heavy (non-hydrogen) atoms. The highest BCUT2D eigenvalue weighted by molar-refractivity contribution is 4.93. The summed E-state index contributed by atoms with van der Waals surface area (Å²) >= 11 is 0. The fourth-order valence-electron chi connectivity index (χ4n) is 3.87. The molecule has 0 aromatic rings. The molecule has 0 aromatic heterocycles. The van der Waals surface area contributed by atoms with Crippen molar-refractivity contribution in [1.29, 1.82) is 0 Å². The van der Waals surface area contributed by atoms with E-state index in [-0.39, 0.29) is 0 Å². The third-order valence-corrected chi connectivity index (χ3v) is 5.33. The molecule has 3 rings (SSSR count). The molecule has 0 amide bonds. The minimum Gasteiger partial charge on any atom is -0.314 e. The molecule has 2 saturated heterocycles. The third kappa shape index (κ3) is 3.50. The van der Waals surface area contributed by atoms with E-state index >= 15 is 0 Å². The zero-order chi connectivity index (χ0) is 13.2. The van der Waals surface area contributed by atoms with Gasteiger partial charge in [0.05, 0.1) is 0 Å². The number of nitrogens with one attached hydrogen (secondary N) is 1. The molecule has 2 heterocycles. The van der Waals surface area contributed by atoms with Crippen LogP contribution >= 0.6 is 0 Å². The molecule has 3 unspecified atom stereocenters. The van der Waals surface area contributed by atoms with Crippen molar-refractivity contribution in [2.24, 2.45) is 5.92 Å². The highest BCUT2D eigenvalue weighted by atomic mass is 15.3. The SMILES string of the molecule is CCC1CCN(C2CCN(C3CC3)C2)CC(C)CN1. The summed E-state index contributed by atoms with van der Waals surface area (Å²) in [4.78, 5) is 5.57. The largest absolute Gasteiger partial charge is 0.314 e. The van der Waals surface area contributed by atoms with Gasteiger partial charge in [0.1, 0.15) is 0 Å². The predicted octanol–water partition coefficient (Wildman–Crippen LogP) is 1.93. The van der Waals surface area contributed by atoms with Crippen molar-refractivity contribution in [1.82, 2.24) is 15.1 Å². The number of nitrogens with zero attached hydrogens (tertiary/aromatic N) is 2. The van der Waals surface area contributed by atoms with Crippen LogP contribution in [0.3, 0.4) is 0 Å². The molecule has 1 saturated carbocycles. The zero-order valence-electron chi connectivity index (χ0n) is 12.8. The number of likely N-dealkylation sites (tertiary alicyclic amines) is 1. The topological polar surface area (TPSA) is 18.5 Å². The molecule has 0 spiro atoms. The quantitative estimate of drug-likeness (QED) is 0.841. The van der Waals surface area contributed by atoms with Crippen molar-refractivity contribution in [3.8, 4) is 0 Å². The van der Waals surface area contributed by atoms with Crippen molar-refractivity contribution in [3.05, 3.63) is 0 Å². The molecular weight excluding hydrogens is 234 g/mol. The van der Waals surface area contributed by atoms with Crippen LogP contribution in [0.5, 0.6) is 0 Å². The molecule has 1 aliphatic carbocycles. The summed E-state index contributed by atoms with van der Waals surface area (Å²) in [7, 11) is 0. The lowest BCUT2D eigenvalue weighted by atomic mass is 10.0. The van der Waals surface area contributed by atoms with E-state index in [0.29, 0.717) is 0 Å². The van der Waals surface area contributed by atoms with E-state index in [1.54, 1.807) is 0 Å². The number of hydrogen-bond donors (Lipinski definition) is 1. The Morgan fingerprint density at radius 1 is 0.947 bits per heavy atom. The van der Waals surface area contributed by atoms with E-state index in [2.05, 4.69) is 29.0 Å². The summed E-state index contributed by atoms with van der Waals surface area (Å²) in [6.07, 6.45) is 6.95. The Labute approximate surface area is 118 Å². The Morgan fingerprint density at radius 3 is 2.42 bits per heavy atom. The minimum absolute atomic E-state index is 0.742. The molecule has 3 aliphatic rings. The van der Waals surface area contributed by atoms with Crippen molar-refractivity contribution in [2.45, 2.75) is 64.1 Å². The van der Waals surface area contributed by atoms with Crippen LogP contribution < -0.4 is 5.32 Å². The molecule has 110 valence electrons. The fourth-order valence-corrected chi connectivity index (χ4v) is 3.87. The van der Waals surface area contributed by atoms with Crippen molar-refractivity contribution < 1.29 is 0 Å². The molecule has 3 nitrogen and oxygen atoms in total. The van der Waals surface area contributed by atoms with Crippen LogP contribution in [-0.2, 0) is 0 Å². The third-order valence-electron chi connectivity index (χ3n) is 5.33. The van der Waals surface area contributed by atoms with Gasteiger partial charge in [0.15, 0.2) is 0 Å². The Bertz CT molecular complexity index is 290. The second kappa shape index (κ2) is 6.11. The van der Waals surface area contributed by atoms with Crippen LogP contribution in [0, 0.1) is 5.92 Å². The smallest absolute Gasteiger partial charge is 0.0235 e.